The van der Waals surface area contributed by atoms with E-state index in [9.17, 15) is 30.3 Å². The molecule has 0 amide bonds. The van der Waals surface area contributed by atoms with Crippen LogP contribution in [0.25, 0.3) is 0 Å². The summed E-state index contributed by atoms with van der Waals surface area (Å²) in [5, 5.41) is 83.3. The molecule has 0 fully saturated rings. The van der Waals surface area contributed by atoms with E-state index in [1.807, 2.05) is 0 Å². The third kappa shape index (κ3) is 4.88. The van der Waals surface area contributed by atoms with Gasteiger partial charge in [0.15, 0.2) is 28.7 Å². The van der Waals surface area contributed by atoms with E-state index in [1.165, 1.54) is 30.3 Å². The van der Waals surface area contributed by atoms with Crippen LogP contribution in [-0.4, -0.2) is 58.0 Å². The van der Waals surface area contributed by atoms with Crippen LogP contribution in [0.4, 0.5) is 0 Å². The average Bonchev–Trinajstić information content (AvgIpc) is 2.74. The van der Waals surface area contributed by atoms with Gasteiger partial charge >= 0.3 is 5.97 Å². The number of aliphatic hydroxyl groups is 1. The van der Waals surface area contributed by atoms with Crippen LogP contribution >= 0.6 is 0 Å². The second-order valence-corrected chi connectivity index (χ2v) is 7.17. The summed E-state index contributed by atoms with van der Waals surface area (Å²) in [5.41, 5.74) is 0.605. The molecule has 0 radical (unpaired) electrons. The number of phenols is 7. The van der Waals surface area contributed by atoms with Gasteiger partial charge < -0.3 is 50.7 Å². The van der Waals surface area contributed by atoms with Crippen LogP contribution in [-0.2, 0) is 6.42 Å². The third-order valence-electron chi connectivity index (χ3n) is 4.83. The zero-order valence-corrected chi connectivity index (χ0v) is 16.7. The standard InChI is InChI=1S/C15H14O6.C7H6O5/c16-8-4-11(18)9-6-13(20)15(21-14(9)5-8)7-1-2-10(17)12(19)3-7;8-4-1-3(7(11)12)2-5(9)6(4)10/h1-5,13,15-20H,6H2;1-2,8-10H,(H,11,12)/t13-,15-;/m1./s1. The van der Waals surface area contributed by atoms with Crippen molar-refractivity contribution >= 4 is 5.97 Å². The van der Waals surface area contributed by atoms with Gasteiger partial charge in [0.2, 0.25) is 0 Å². The first-order valence-electron chi connectivity index (χ1n) is 9.37. The highest BCUT2D eigenvalue weighted by atomic mass is 16.5. The Bertz CT molecular complexity index is 1180. The predicted octanol–water partition coefficient (Wildman–Crippen LogP) is 2.05. The molecule has 1 aliphatic rings. The second kappa shape index (κ2) is 8.93. The third-order valence-corrected chi connectivity index (χ3v) is 4.83. The highest BCUT2D eigenvalue weighted by Gasteiger charge is 2.32. The number of aliphatic hydroxyl groups excluding tert-OH is 1. The number of carboxylic acids is 1. The van der Waals surface area contributed by atoms with Gasteiger partial charge in [0.25, 0.3) is 0 Å². The molecule has 33 heavy (non-hydrogen) atoms. The first-order valence-corrected chi connectivity index (χ1v) is 9.37. The number of fused-ring (bicyclic) bond motifs is 1. The highest BCUT2D eigenvalue weighted by Crippen LogP contribution is 2.42. The van der Waals surface area contributed by atoms with E-state index in [0.29, 0.717) is 11.1 Å². The topological polar surface area (TPSA) is 208 Å². The summed E-state index contributed by atoms with van der Waals surface area (Å²) >= 11 is 0. The maximum atomic E-state index is 10.3. The summed E-state index contributed by atoms with van der Waals surface area (Å²) in [5.74, 6) is -3.92. The summed E-state index contributed by atoms with van der Waals surface area (Å²) in [6.45, 7) is 0. The minimum Gasteiger partial charge on any atom is -0.508 e. The van der Waals surface area contributed by atoms with Crippen molar-refractivity contribution in [2.24, 2.45) is 0 Å². The number of aromatic hydroxyl groups is 7. The fraction of sp³-hybridized carbons (Fsp3) is 0.136. The molecule has 3 aromatic rings. The molecule has 0 spiro atoms. The molecule has 9 N–H and O–H groups in total. The summed E-state index contributed by atoms with van der Waals surface area (Å²) in [6, 6.07) is 8.36. The van der Waals surface area contributed by atoms with Gasteiger partial charge in [-0.15, -0.1) is 0 Å². The fourth-order valence-electron chi connectivity index (χ4n) is 3.19. The van der Waals surface area contributed by atoms with E-state index < -0.39 is 35.4 Å². The minimum atomic E-state index is -1.29. The van der Waals surface area contributed by atoms with Gasteiger partial charge in [-0.05, 0) is 29.8 Å². The van der Waals surface area contributed by atoms with Gasteiger partial charge in [-0.3, -0.25) is 0 Å². The lowest BCUT2D eigenvalue weighted by Gasteiger charge is -2.31. The Morgan fingerprint density at radius 3 is 2.00 bits per heavy atom. The van der Waals surface area contributed by atoms with Gasteiger partial charge in [-0.1, -0.05) is 6.07 Å². The molecule has 1 heterocycles. The number of carboxylic acid groups (broad SMARTS) is 1. The number of carbonyl (C=O) groups is 1. The van der Waals surface area contributed by atoms with Crippen LogP contribution in [0.2, 0.25) is 0 Å². The molecule has 1 aliphatic heterocycles. The van der Waals surface area contributed by atoms with Crippen molar-refractivity contribution in [3.63, 3.8) is 0 Å². The Labute approximate surface area is 185 Å². The van der Waals surface area contributed by atoms with Crippen molar-refractivity contribution in [3.8, 4) is 46.0 Å². The molecule has 0 aliphatic carbocycles. The number of phenolic OH excluding ortho intramolecular Hbond substituents is 7. The van der Waals surface area contributed by atoms with Gasteiger partial charge in [-0.2, -0.15) is 0 Å². The highest BCUT2D eigenvalue weighted by molar-refractivity contribution is 5.89. The number of benzene rings is 3. The van der Waals surface area contributed by atoms with E-state index in [1.54, 1.807) is 0 Å². The smallest absolute Gasteiger partial charge is 0.335 e. The van der Waals surface area contributed by atoms with Gasteiger partial charge in [0, 0.05) is 24.1 Å². The first-order chi connectivity index (χ1) is 15.5. The van der Waals surface area contributed by atoms with Crippen LogP contribution in [0.1, 0.15) is 27.6 Å². The van der Waals surface area contributed by atoms with Crippen LogP contribution in [0.5, 0.6) is 46.0 Å². The average molecular weight is 460 g/mol. The van der Waals surface area contributed by atoms with E-state index in [-0.39, 0.29) is 40.7 Å². The van der Waals surface area contributed by atoms with Gasteiger partial charge in [0.05, 0.1) is 11.7 Å². The zero-order valence-electron chi connectivity index (χ0n) is 16.7. The van der Waals surface area contributed by atoms with E-state index in [4.69, 9.17) is 25.2 Å². The quantitative estimate of drug-likeness (QED) is 0.253. The lowest BCUT2D eigenvalue weighted by molar-refractivity contribution is 0.0197. The molecule has 0 bridgehead atoms. The predicted molar refractivity (Wildman–Crippen MR) is 111 cm³/mol. The second-order valence-electron chi connectivity index (χ2n) is 7.17. The molecule has 3 aromatic carbocycles. The minimum absolute atomic E-state index is 0.143. The van der Waals surface area contributed by atoms with Crippen molar-refractivity contribution in [2.75, 3.05) is 0 Å². The van der Waals surface area contributed by atoms with Crippen LogP contribution in [0.3, 0.4) is 0 Å². The maximum Gasteiger partial charge on any atom is 0.335 e. The normalized spacial score (nSPS) is 16.6. The SMILES string of the molecule is O=C(O)c1cc(O)c(O)c(O)c1.Oc1cc(O)c2c(c1)O[C@H](c1ccc(O)c(O)c1)[C@H](O)C2. The lowest BCUT2D eigenvalue weighted by Crippen LogP contribution is -2.30. The Kier molecular flexibility index (Phi) is 6.26. The summed E-state index contributed by atoms with van der Waals surface area (Å²) in [7, 11) is 0. The first kappa shape index (κ1) is 23.2. The molecule has 11 nitrogen and oxygen atoms in total. The number of hydrogen-bond acceptors (Lipinski definition) is 10. The number of rotatable bonds is 2. The van der Waals surface area contributed by atoms with Crippen molar-refractivity contribution in [1.82, 2.24) is 0 Å². The molecular weight excluding hydrogens is 440 g/mol. The Balaban J connectivity index is 0.000000218. The summed E-state index contributed by atoms with van der Waals surface area (Å²) < 4.78 is 5.62. The molecule has 0 aromatic heterocycles. The molecule has 0 saturated heterocycles. The van der Waals surface area contributed by atoms with Crippen molar-refractivity contribution in [1.29, 1.82) is 0 Å². The largest absolute Gasteiger partial charge is 0.508 e. The molecule has 0 unspecified atom stereocenters. The van der Waals surface area contributed by atoms with E-state index in [2.05, 4.69) is 0 Å². The van der Waals surface area contributed by atoms with Crippen molar-refractivity contribution < 1.29 is 55.5 Å². The Morgan fingerprint density at radius 1 is 0.788 bits per heavy atom. The van der Waals surface area contributed by atoms with Crippen molar-refractivity contribution in [3.05, 3.63) is 59.2 Å². The zero-order chi connectivity index (χ0) is 24.4. The van der Waals surface area contributed by atoms with Crippen LogP contribution < -0.4 is 4.74 Å². The van der Waals surface area contributed by atoms with Gasteiger partial charge in [-0.25, -0.2) is 4.79 Å². The molecule has 0 saturated carbocycles. The van der Waals surface area contributed by atoms with E-state index >= 15 is 0 Å². The Hall–Kier alpha value is -4.51. The molecular formula is C22H20O11. The molecule has 2 atom stereocenters. The monoisotopic (exact) mass is 460 g/mol. The Morgan fingerprint density at radius 2 is 1.42 bits per heavy atom. The molecule has 11 heteroatoms. The molecule has 174 valence electrons. The number of aromatic carboxylic acids is 1. The van der Waals surface area contributed by atoms with E-state index in [0.717, 1.165) is 12.1 Å². The maximum absolute atomic E-state index is 10.3. The lowest BCUT2D eigenvalue weighted by atomic mass is 9.94. The fourth-order valence-corrected chi connectivity index (χ4v) is 3.19. The number of ether oxygens (including phenoxy) is 1. The van der Waals surface area contributed by atoms with Crippen LogP contribution in [0.15, 0.2) is 42.5 Å². The van der Waals surface area contributed by atoms with Gasteiger partial charge in [0.1, 0.15) is 23.4 Å². The van der Waals surface area contributed by atoms with Crippen LogP contribution in [0, 0.1) is 0 Å². The van der Waals surface area contributed by atoms with Crippen molar-refractivity contribution in [2.45, 2.75) is 18.6 Å². The summed E-state index contributed by atoms with van der Waals surface area (Å²) in [4.78, 5) is 10.3. The molecule has 4 rings (SSSR count). The summed E-state index contributed by atoms with van der Waals surface area (Å²) in [6.07, 6.45) is -1.56. The number of hydrogen-bond donors (Lipinski definition) is 9.